The Balaban J connectivity index is 2.52. The fourth-order valence-electron chi connectivity index (χ4n) is 1.11. The van der Waals surface area contributed by atoms with Gasteiger partial charge in [-0.25, -0.2) is 0 Å². The van der Waals surface area contributed by atoms with Gasteiger partial charge in [0.15, 0.2) is 0 Å². The molecule has 1 aromatic heterocycles. The van der Waals surface area contributed by atoms with Crippen molar-refractivity contribution in [2.75, 3.05) is 0 Å². The van der Waals surface area contributed by atoms with Crippen molar-refractivity contribution < 1.29 is 18.0 Å². The van der Waals surface area contributed by atoms with Crippen molar-refractivity contribution >= 4 is 28.8 Å². The van der Waals surface area contributed by atoms with E-state index in [9.17, 15) is 18.0 Å². The number of rotatable bonds is 3. The SMILES string of the molecule is C[C@H](NC(=O)CC(F)(F)F)c1ccc(Cl)s1. The third kappa shape index (κ3) is 4.40. The summed E-state index contributed by atoms with van der Waals surface area (Å²) in [6.07, 6.45) is -5.94. The summed E-state index contributed by atoms with van der Waals surface area (Å²) < 4.78 is 36.2. The highest BCUT2D eigenvalue weighted by Gasteiger charge is 2.31. The molecule has 0 radical (unpaired) electrons. The van der Waals surface area contributed by atoms with E-state index in [1.165, 1.54) is 11.3 Å². The standard InChI is InChI=1S/C9H9ClF3NOS/c1-5(6-2-3-7(10)16-6)14-8(15)4-9(11,12)13/h2-3,5H,4H2,1H3,(H,14,15)/t5-/m0/s1. The molecule has 16 heavy (non-hydrogen) atoms. The molecule has 0 saturated heterocycles. The molecule has 0 aromatic carbocycles. The Labute approximate surface area is 99.4 Å². The number of alkyl halides is 3. The molecular formula is C9H9ClF3NOS. The fraction of sp³-hybridized carbons (Fsp3) is 0.444. The summed E-state index contributed by atoms with van der Waals surface area (Å²) >= 11 is 6.90. The lowest BCUT2D eigenvalue weighted by Crippen LogP contribution is -2.30. The van der Waals surface area contributed by atoms with Crippen LogP contribution >= 0.6 is 22.9 Å². The Morgan fingerprint density at radius 3 is 2.62 bits per heavy atom. The van der Waals surface area contributed by atoms with Crippen LogP contribution < -0.4 is 5.32 Å². The summed E-state index contributed by atoms with van der Waals surface area (Å²) in [5, 5.41) is 2.26. The predicted octanol–water partition coefficient (Wildman–Crippen LogP) is 3.53. The highest BCUT2D eigenvalue weighted by molar-refractivity contribution is 7.16. The average Bonchev–Trinajstić information content (AvgIpc) is 2.47. The van der Waals surface area contributed by atoms with E-state index in [-0.39, 0.29) is 0 Å². The van der Waals surface area contributed by atoms with Gasteiger partial charge in [0.05, 0.1) is 10.4 Å². The summed E-state index contributed by atoms with van der Waals surface area (Å²) in [6.45, 7) is 1.61. The summed E-state index contributed by atoms with van der Waals surface area (Å²) in [7, 11) is 0. The number of halogens is 4. The number of carbonyl (C=O) groups excluding carboxylic acids is 1. The van der Waals surface area contributed by atoms with Gasteiger partial charge in [0, 0.05) is 4.88 Å². The first kappa shape index (κ1) is 13.3. The van der Waals surface area contributed by atoms with E-state index in [2.05, 4.69) is 5.32 Å². The Morgan fingerprint density at radius 2 is 2.19 bits per heavy atom. The molecule has 1 atom stereocenters. The van der Waals surface area contributed by atoms with Gasteiger partial charge in [0.25, 0.3) is 0 Å². The molecule has 0 bridgehead atoms. The monoisotopic (exact) mass is 271 g/mol. The molecule has 0 aliphatic rings. The van der Waals surface area contributed by atoms with Gasteiger partial charge in [-0.1, -0.05) is 11.6 Å². The number of nitrogens with one attached hydrogen (secondary N) is 1. The van der Waals surface area contributed by atoms with Crippen LogP contribution in [-0.4, -0.2) is 12.1 Å². The molecule has 1 heterocycles. The Morgan fingerprint density at radius 1 is 1.56 bits per heavy atom. The highest BCUT2D eigenvalue weighted by atomic mass is 35.5. The van der Waals surface area contributed by atoms with Crippen LogP contribution in [0.15, 0.2) is 12.1 Å². The van der Waals surface area contributed by atoms with Crippen LogP contribution in [0.1, 0.15) is 24.3 Å². The Bertz CT molecular complexity index is 377. The zero-order valence-corrected chi connectivity index (χ0v) is 9.84. The number of hydrogen-bond donors (Lipinski definition) is 1. The molecule has 0 saturated carbocycles. The topological polar surface area (TPSA) is 29.1 Å². The molecule has 0 spiro atoms. The number of hydrogen-bond acceptors (Lipinski definition) is 2. The first-order chi connectivity index (χ1) is 7.28. The molecule has 1 amide bonds. The molecule has 0 aliphatic heterocycles. The zero-order valence-electron chi connectivity index (χ0n) is 8.27. The van der Waals surface area contributed by atoms with Crippen LogP contribution in [-0.2, 0) is 4.79 Å². The summed E-state index contributed by atoms with van der Waals surface area (Å²) in [5.74, 6) is -1.04. The molecular weight excluding hydrogens is 263 g/mol. The van der Waals surface area contributed by atoms with Crippen LogP contribution in [0.2, 0.25) is 4.34 Å². The fourth-order valence-corrected chi connectivity index (χ4v) is 2.17. The first-order valence-electron chi connectivity index (χ1n) is 4.39. The maximum absolute atomic E-state index is 11.9. The predicted molar refractivity (Wildman–Crippen MR) is 56.6 cm³/mol. The number of carbonyl (C=O) groups is 1. The van der Waals surface area contributed by atoms with Gasteiger partial charge in [0.2, 0.25) is 5.91 Å². The van der Waals surface area contributed by atoms with Crippen molar-refractivity contribution in [3.63, 3.8) is 0 Å². The van der Waals surface area contributed by atoms with Gasteiger partial charge >= 0.3 is 6.18 Å². The number of amides is 1. The van der Waals surface area contributed by atoms with Crippen molar-refractivity contribution in [2.45, 2.75) is 25.6 Å². The molecule has 0 aliphatic carbocycles. The highest BCUT2D eigenvalue weighted by Crippen LogP contribution is 2.27. The molecule has 7 heteroatoms. The Hall–Kier alpha value is -0.750. The van der Waals surface area contributed by atoms with Crippen molar-refractivity contribution in [3.8, 4) is 0 Å². The normalized spacial score (nSPS) is 13.6. The summed E-state index contributed by atoms with van der Waals surface area (Å²) in [4.78, 5) is 11.7. The van der Waals surface area contributed by atoms with Gasteiger partial charge in [-0.15, -0.1) is 11.3 Å². The minimum absolute atomic E-state index is 0.465. The second-order valence-corrected chi connectivity index (χ2v) is 4.97. The van der Waals surface area contributed by atoms with Crippen molar-refractivity contribution in [3.05, 3.63) is 21.3 Å². The molecule has 90 valence electrons. The van der Waals surface area contributed by atoms with Gasteiger partial charge in [0.1, 0.15) is 6.42 Å². The van der Waals surface area contributed by atoms with E-state index >= 15 is 0 Å². The summed E-state index contributed by atoms with van der Waals surface area (Å²) in [5.41, 5.74) is 0. The Kier molecular flexibility index (Phi) is 4.21. The molecule has 2 nitrogen and oxygen atoms in total. The minimum atomic E-state index is -4.48. The smallest absolute Gasteiger partial charge is 0.348 e. The van der Waals surface area contributed by atoms with E-state index in [0.29, 0.717) is 4.34 Å². The quantitative estimate of drug-likeness (QED) is 0.895. The molecule has 1 rings (SSSR count). The molecule has 0 unspecified atom stereocenters. The van der Waals surface area contributed by atoms with Crippen LogP contribution in [0.3, 0.4) is 0 Å². The maximum Gasteiger partial charge on any atom is 0.397 e. The maximum atomic E-state index is 11.9. The zero-order chi connectivity index (χ0) is 12.3. The third-order valence-corrected chi connectivity index (χ3v) is 3.17. The molecule has 1 N–H and O–H groups in total. The number of thiophene rings is 1. The summed E-state index contributed by atoms with van der Waals surface area (Å²) in [6, 6.07) is 2.84. The minimum Gasteiger partial charge on any atom is -0.348 e. The van der Waals surface area contributed by atoms with Crippen LogP contribution in [0.5, 0.6) is 0 Å². The van der Waals surface area contributed by atoms with E-state index in [0.717, 1.165) is 4.88 Å². The third-order valence-electron chi connectivity index (χ3n) is 1.76. The van der Waals surface area contributed by atoms with Crippen LogP contribution in [0, 0.1) is 0 Å². The van der Waals surface area contributed by atoms with Crippen LogP contribution in [0.4, 0.5) is 13.2 Å². The van der Waals surface area contributed by atoms with E-state index in [1.54, 1.807) is 19.1 Å². The van der Waals surface area contributed by atoms with Gasteiger partial charge < -0.3 is 5.32 Å². The first-order valence-corrected chi connectivity index (χ1v) is 5.59. The molecule has 1 aromatic rings. The second-order valence-electron chi connectivity index (χ2n) is 3.22. The van der Waals surface area contributed by atoms with Gasteiger partial charge in [-0.2, -0.15) is 13.2 Å². The lowest BCUT2D eigenvalue weighted by molar-refractivity contribution is -0.154. The van der Waals surface area contributed by atoms with Crippen molar-refractivity contribution in [2.24, 2.45) is 0 Å². The van der Waals surface area contributed by atoms with E-state index in [1.807, 2.05) is 0 Å². The van der Waals surface area contributed by atoms with E-state index < -0.39 is 24.5 Å². The van der Waals surface area contributed by atoms with Gasteiger partial charge in [-0.05, 0) is 19.1 Å². The lowest BCUT2D eigenvalue weighted by Gasteiger charge is -2.13. The van der Waals surface area contributed by atoms with Gasteiger partial charge in [-0.3, -0.25) is 4.79 Å². The largest absolute Gasteiger partial charge is 0.397 e. The van der Waals surface area contributed by atoms with Crippen molar-refractivity contribution in [1.29, 1.82) is 0 Å². The van der Waals surface area contributed by atoms with Crippen LogP contribution in [0.25, 0.3) is 0 Å². The molecule has 0 fully saturated rings. The van der Waals surface area contributed by atoms with E-state index in [4.69, 9.17) is 11.6 Å². The average molecular weight is 272 g/mol. The lowest BCUT2D eigenvalue weighted by atomic mass is 10.2. The van der Waals surface area contributed by atoms with Crippen molar-refractivity contribution in [1.82, 2.24) is 5.32 Å². The second kappa shape index (κ2) is 5.05.